The number of aliphatic hydroxyl groups is 1. The molecule has 2 aromatic rings. The fourth-order valence-electron chi connectivity index (χ4n) is 3.15. The van der Waals surface area contributed by atoms with Gasteiger partial charge in [-0.05, 0) is 37.4 Å². The number of aryl methyl sites for hydroxylation is 1. The van der Waals surface area contributed by atoms with Crippen LogP contribution in [0.5, 0.6) is 0 Å². The molecule has 1 amide bonds. The summed E-state index contributed by atoms with van der Waals surface area (Å²) < 4.78 is 0. The van der Waals surface area contributed by atoms with Crippen LogP contribution in [-0.4, -0.2) is 51.0 Å². The number of carbonyl (C=O) groups is 1. The number of aromatic nitrogens is 3. The maximum atomic E-state index is 12.2. The number of hydrogen-bond donors (Lipinski definition) is 3. The molecule has 7 nitrogen and oxygen atoms in total. The molecule has 1 saturated heterocycles. The van der Waals surface area contributed by atoms with Crippen LogP contribution in [-0.2, 0) is 16.9 Å². The van der Waals surface area contributed by atoms with E-state index in [9.17, 15) is 9.90 Å². The van der Waals surface area contributed by atoms with E-state index in [-0.39, 0.29) is 12.5 Å². The van der Waals surface area contributed by atoms with Crippen LogP contribution in [0, 0.1) is 6.92 Å². The third-order valence-corrected chi connectivity index (χ3v) is 4.55. The average Bonchev–Trinajstić information content (AvgIpc) is 3.09. The normalized spacial score (nSPS) is 21.6. The van der Waals surface area contributed by atoms with E-state index in [1.165, 1.54) is 0 Å². The molecule has 3 N–H and O–H groups in total. The van der Waals surface area contributed by atoms with Crippen LogP contribution in [0.15, 0.2) is 30.5 Å². The fraction of sp³-hybridized carbons (Fsp3) is 0.471. The molecular weight excluding hydrogens is 306 g/mol. The van der Waals surface area contributed by atoms with Crippen LogP contribution in [0.2, 0.25) is 0 Å². The Morgan fingerprint density at radius 1 is 1.46 bits per heavy atom. The molecule has 1 aliphatic heterocycles. The highest BCUT2D eigenvalue weighted by Crippen LogP contribution is 2.29. The van der Waals surface area contributed by atoms with Gasteiger partial charge in [-0.25, -0.2) is 0 Å². The monoisotopic (exact) mass is 329 g/mol. The topological polar surface area (TPSA) is 94.1 Å². The van der Waals surface area contributed by atoms with Crippen molar-refractivity contribution in [3.05, 3.63) is 47.3 Å². The summed E-state index contributed by atoms with van der Waals surface area (Å²) in [6.45, 7) is 4.00. The van der Waals surface area contributed by atoms with Gasteiger partial charge in [0.05, 0.1) is 12.7 Å². The molecule has 0 aliphatic carbocycles. The lowest BCUT2D eigenvalue weighted by Crippen LogP contribution is -2.49. The van der Waals surface area contributed by atoms with Gasteiger partial charge in [-0.15, -0.1) is 0 Å². The molecule has 2 heterocycles. The van der Waals surface area contributed by atoms with E-state index in [0.29, 0.717) is 25.2 Å². The van der Waals surface area contributed by atoms with E-state index in [4.69, 9.17) is 0 Å². The minimum Gasteiger partial charge on any atom is -0.382 e. The summed E-state index contributed by atoms with van der Waals surface area (Å²) in [5.41, 5.74) is 1.77. The SMILES string of the molecule is Cc1ccccc1CNC(=O)CN1CCCC(O)(c2cn[nH]n2)C1. The van der Waals surface area contributed by atoms with Crippen molar-refractivity contribution in [2.45, 2.75) is 31.9 Å². The Morgan fingerprint density at radius 2 is 2.29 bits per heavy atom. The number of nitrogens with one attached hydrogen (secondary N) is 2. The van der Waals surface area contributed by atoms with Crippen LogP contribution in [0.4, 0.5) is 0 Å². The molecule has 1 aromatic heterocycles. The van der Waals surface area contributed by atoms with Gasteiger partial charge in [0.25, 0.3) is 0 Å². The maximum Gasteiger partial charge on any atom is 0.234 e. The molecule has 0 radical (unpaired) electrons. The van der Waals surface area contributed by atoms with Crippen molar-refractivity contribution < 1.29 is 9.90 Å². The third-order valence-electron chi connectivity index (χ3n) is 4.55. The Morgan fingerprint density at radius 3 is 3.04 bits per heavy atom. The predicted octanol–water partition coefficient (Wildman–Crippen LogP) is 0.713. The zero-order chi connectivity index (χ0) is 17.0. The molecule has 0 saturated carbocycles. The Bertz CT molecular complexity index is 688. The number of nitrogens with zero attached hydrogens (tertiary/aromatic N) is 3. The van der Waals surface area contributed by atoms with Crippen LogP contribution >= 0.6 is 0 Å². The van der Waals surface area contributed by atoms with E-state index in [1.807, 2.05) is 36.1 Å². The summed E-state index contributed by atoms with van der Waals surface area (Å²) in [7, 11) is 0. The van der Waals surface area contributed by atoms with Gasteiger partial charge in [0.2, 0.25) is 5.91 Å². The summed E-state index contributed by atoms with van der Waals surface area (Å²) in [6.07, 6.45) is 2.98. The van der Waals surface area contributed by atoms with Crippen molar-refractivity contribution in [2.24, 2.45) is 0 Å². The summed E-state index contributed by atoms with van der Waals surface area (Å²) in [5, 5.41) is 24.0. The first kappa shape index (κ1) is 16.6. The molecule has 128 valence electrons. The lowest BCUT2D eigenvalue weighted by Gasteiger charge is -2.37. The zero-order valence-corrected chi connectivity index (χ0v) is 13.8. The number of rotatable bonds is 5. The molecule has 24 heavy (non-hydrogen) atoms. The standard InChI is InChI=1S/C17H23N5O2/c1-13-5-2-3-6-14(13)9-18-16(23)11-22-8-4-7-17(24,12-22)15-10-19-21-20-15/h2-3,5-6,10,24H,4,7-9,11-12H2,1H3,(H,18,23)(H,19,20,21). The molecule has 0 bridgehead atoms. The van der Waals surface area contributed by atoms with Crippen LogP contribution in [0.25, 0.3) is 0 Å². The lowest BCUT2D eigenvalue weighted by atomic mass is 9.90. The first-order valence-corrected chi connectivity index (χ1v) is 8.19. The van der Waals surface area contributed by atoms with Gasteiger partial charge in [0, 0.05) is 13.1 Å². The van der Waals surface area contributed by atoms with Crippen molar-refractivity contribution in [1.82, 2.24) is 25.6 Å². The Balaban J connectivity index is 1.54. The molecule has 3 rings (SSSR count). The number of carbonyl (C=O) groups excluding carboxylic acids is 1. The maximum absolute atomic E-state index is 12.2. The van der Waals surface area contributed by atoms with Crippen molar-refractivity contribution in [3.8, 4) is 0 Å². The van der Waals surface area contributed by atoms with Gasteiger partial charge >= 0.3 is 0 Å². The van der Waals surface area contributed by atoms with Crippen molar-refractivity contribution in [3.63, 3.8) is 0 Å². The molecule has 1 aliphatic rings. The molecule has 1 aromatic carbocycles. The molecule has 1 fully saturated rings. The van der Waals surface area contributed by atoms with Crippen LogP contribution in [0.1, 0.15) is 29.7 Å². The lowest BCUT2D eigenvalue weighted by molar-refractivity contribution is -0.124. The van der Waals surface area contributed by atoms with Gasteiger partial charge in [0.15, 0.2) is 0 Å². The van der Waals surface area contributed by atoms with Gasteiger partial charge in [-0.1, -0.05) is 24.3 Å². The first-order chi connectivity index (χ1) is 11.6. The van der Waals surface area contributed by atoms with E-state index >= 15 is 0 Å². The summed E-state index contributed by atoms with van der Waals surface area (Å²) in [5.74, 6) is -0.0392. The third kappa shape index (κ3) is 3.80. The number of H-pyrrole nitrogens is 1. The Labute approximate surface area is 141 Å². The molecule has 0 spiro atoms. The van der Waals surface area contributed by atoms with E-state index in [0.717, 1.165) is 24.1 Å². The quantitative estimate of drug-likeness (QED) is 0.751. The molecule has 1 atom stereocenters. The van der Waals surface area contributed by atoms with Gasteiger partial charge in [0.1, 0.15) is 11.3 Å². The number of benzene rings is 1. The minimum atomic E-state index is -1.04. The van der Waals surface area contributed by atoms with Gasteiger partial charge < -0.3 is 10.4 Å². The van der Waals surface area contributed by atoms with Crippen LogP contribution < -0.4 is 5.32 Å². The first-order valence-electron chi connectivity index (χ1n) is 8.19. The minimum absolute atomic E-state index is 0.0392. The Kier molecular flexibility index (Phi) is 4.92. The highest BCUT2D eigenvalue weighted by atomic mass is 16.3. The second-order valence-electron chi connectivity index (χ2n) is 6.40. The molecule has 1 unspecified atom stereocenters. The number of amides is 1. The number of aromatic amines is 1. The predicted molar refractivity (Wildman–Crippen MR) is 89.0 cm³/mol. The van der Waals surface area contributed by atoms with Crippen molar-refractivity contribution >= 4 is 5.91 Å². The van der Waals surface area contributed by atoms with Crippen molar-refractivity contribution in [1.29, 1.82) is 0 Å². The smallest absolute Gasteiger partial charge is 0.234 e. The van der Waals surface area contributed by atoms with Crippen LogP contribution in [0.3, 0.4) is 0 Å². The number of likely N-dealkylation sites (tertiary alicyclic amines) is 1. The summed E-state index contributed by atoms with van der Waals surface area (Å²) in [4.78, 5) is 14.2. The van der Waals surface area contributed by atoms with Crippen molar-refractivity contribution in [2.75, 3.05) is 19.6 Å². The number of piperidine rings is 1. The zero-order valence-electron chi connectivity index (χ0n) is 13.8. The summed E-state index contributed by atoms with van der Waals surface area (Å²) >= 11 is 0. The largest absolute Gasteiger partial charge is 0.382 e. The second-order valence-corrected chi connectivity index (χ2v) is 6.40. The Hall–Kier alpha value is -2.25. The average molecular weight is 329 g/mol. The van der Waals surface area contributed by atoms with E-state index < -0.39 is 5.60 Å². The van der Waals surface area contributed by atoms with E-state index in [2.05, 4.69) is 20.7 Å². The molecule has 7 heteroatoms. The highest BCUT2D eigenvalue weighted by Gasteiger charge is 2.37. The highest BCUT2D eigenvalue weighted by molar-refractivity contribution is 5.78. The fourth-order valence-corrected chi connectivity index (χ4v) is 3.15. The van der Waals surface area contributed by atoms with Gasteiger partial charge in [-0.2, -0.15) is 15.4 Å². The van der Waals surface area contributed by atoms with Gasteiger partial charge in [-0.3, -0.25) is 9.69 Å². The number of hydrogen-bond acceptors (Lipinski definition) is 5. The second kappa shape index (κ2) is 7.11. The van der Waals surface area contributed by atoms with E-state index in [1.54, 1.807) is 6.20 Å². The summed E-state index contributed by atoms with van der Waals surface area (Å²) in [6, 6.07) is 8.00. The molecular formula is C17H23N5O2. The number of β-amino-alcohol motifs (C(OH)–C–C–N with tert-alkyl or cyclic N) is 1.